The van der Waals surface area contributed by atoms with Crippen LogP contribution in [0.3, 0.4) is 0 Å². The number of aromatic hydroxyl groups is 1. The van der Waals surface area contributed by atoms with Crippen molar-refractivity contribution in [3.05, 3.63) is 77.4 Å². The van der Waals surface area contributed by atoms with Crippen LogP contribution in [-0.2, 0) is 0 Å². The van der Waals surface area contributed by atoms with Gasteiger partial charge in [0.15, 0.2) is 11.5 Å². The van der Waals surface area contributed by atoms with Gasteiger partial charge in [-0.25, -0.2) is 0 Å². The number of nitrogens with zero attached hydrogens (tertiary/aromatic N) is 2. The Morgan fingerprint density at radius 3 is 2.79 bits per heavy atom. The molecule has 1 aliphatic rings. The molecule has 0 saturated heterocycles. The van der Waals surface area contributed by atoms with Gasteiger partial charge in [-0.05, 0) is 28.5 Å². The second-order valence-corrected chi connectivity index (χ2v) is 5.57. The maximum atomic E-state index is 10.4. The number of hydrogen-bond acceptors (Lipinski definition) is 5. The van der Waals surface area contributed by atoms with E-state index in [1.807, 2.05) is 30.3 Å². The van der Waals surface area contributed by atoms with E-state index in [1.54, 1.807) is 24.5 Å². The molecule has 0 unspecified atom stereocenters. The highest BCUT2D eigenvalue weighted by atomic mass is 16.5. The van der Waals surface area contributed by atoms with Gasteiger partial charge in [-0.15, -0.1) is 0 Å². The Bertz CT molecular complexity index is 1020. The third-order valence-electron chi connectivity index (χ3n) is 4.21. The van der Waals surface area contributed by atoms with E-state index in [0.29, 0.717) is 11.3 Å². The number of ether oxygens (including phenoxy) is 1. The second-order valence-electron chi connectivity index (χ2n) is 5.57. The monoisotopic (exact) mass is 315 g/mol. The zero-order valence-corrected chi connectivity index (χ0v) is 12.6. The van der Waals surface area contributed by atoms with Gasteiger partial charge in [0.1, 0.15) is 11.6 Å². The van der Waals surface area contributed by atoms with Crippen molar-refractivity contribution in [2.75, 3.05) is 0 Å². The van der Waals surface area contributed by atoms with Crippen molar-refractivity contribution in [2.24, 2.45) is 5.73 Å². The van der Waals surface area contributed by atoms with Crippen molar-refractivity contribution in [2.45, 2.75) is 5.92 Å². The highest BCUT2D eigenvalue weighted by Crippen LogP contribution is 2.49. The molecule has 24 heavy (non-hydrogen) atoms. The molecule has 1 aliphatic heterocycles. The summed E-state index contributed by atoms with van der Waals surface area (Å²) in [6.07, 6.45) is 3.37. The first-order valence-corrected chi connectivity index (χ1v) is 7.43. The van der Waals surface area contributed by atoms with Gasteiger partial charge in [0.05, 0.1) is 5.92 Å². The lowest BCUT2D eigenvalue weighted by Crippen LogP contribution is -2.21. The number of pyridine rings is 1. The normalized spacial score (nSPS) is 16.4. The molecular weight excluding hydrogens is 302 g/mol. The molecular formula is C19H13N3O2. The Morgan fingerprint density at radius 1 is 1.21 bits per heavy atom. The summed E-state index contributed by atoms with van der Waals surface area (Å²) in [6.45, 7) is 0. The highest BCUT2D eigenvalue weighted by Gasteiger charge is 2.34. The highest BCUT2D eigenvalue weighted by molar-refractivity contribution is 5.92. The lowest BCUT2D eigenvalue weighted by molar-refractivity contribution is 0.360. The van der Waals surface area contributed by atoms with Crippen molar-refractivity contribution in [1.82, 2.24) is 4.98 Å². The molecule has 1 aromatic heterocycles. The number of phenolic OH excluding ortho intramolecular Hbond substituents is 1. The Balaban J connectivity index is 2.12. The molecule has 0 fully saturated rings. The maximum Gasteiger partial charge on any atom is 0.205 e. The van der Waals surface area contributed by atoms with E-state index in [4.69, 9.17) is 10.5 Å². The first-order valence-electron chi connectivity index (χ1n) is 7.43. The minimum Gasteiger partial charge on any atom is -0.504 e. The van der Waals surface area contributed by atoms with Gasteiger partial charge >= 0.3 is 0 Å². The van der Waals surface area contributed by atoms with Crippen molar-refractivity contribution < 1.29 is 9.84 Å². The second kappa shape index (κ2) is 5.28. The summed E-state index contributed by atoms with van der Waals surface area (Å²) >= 11 is 0. The third-order valence-corrected chi connectivity index (χ3v) is 4.21. The zero-order valence-electron chi connectivity index (χ0n) is 12.6. The summed E-state index contributed by atoms with van der Waals surface area (Å²) in [6, 6.07) is 15.1. The lowest BCUT2D eigenvalue weighted by atomic mass is 9.81. The Labute approximate surface area is 138 Å². The number of nitriles is 1. The number of fused-ring (bicyclic) bond motifs is 3. The first kappa shape index (κ1) is 14.1. The minimum absolute atomic E-state index is 0.00229. The predicted octanol–water partition coefficient (Wildman–Crippen LogP) is 3.16. The summed E-state index contributed by atoms with van der Waals surface area (Å²) in [5, 5.41) is 21.8. The fourth-order valence-electron chi connectivity index (χ4n) is 3.19. The van der Waals surface area contributed by atoms with Gasteiger partial charge in [-0.1, -0.05) is 30.3 Å². The number of benzene rings is 2. The number of allylic oxidation sites excluding steroid dienone is 1. The van der Waals surface area contributed by atoms with Crippen LogP contribution in [0.1, 0.15) is 17.0 Å². The first-order chi connectivity index (χ1) is 11.7. The van der Waals surface area contributed by atoms with Crippen LogP contribution in [0.2, 0.25) is 0 Å². The van der Waals surface area contributed by atoms with Crippen LogP contribution < -0.4 is 10.5 Å². The molecule has 0 bridgehead atoms. The van der Waals surface area contributed by atoms with Crippen molar-refractivity contribution in [3.63, 3.8) is 0 Å². The smallest absolute Gasteiger partial charge is 0.205 e. The van der Waals surface area contributed by atoms with E-state index in [-0.39, 0.29) is 11.6 Å². The molecule has 5 heteroatoms. The van der Waals surface area contributed by atoms with Gasteiger partial charge in [-0.3, -0.25) is 4.98 Å². The summed E-state index contributed by atoms with van der Waals surface area (Å²) in [4.78, 5) is 4.15. The molecule has 1 atom stereocenters. The third kappa shape index (κ3) is 1.97. The summed E-state index contributed by atoms with van der Waals surface area (Å²) in [5.74, 6) is -0.148. The molecule has 2 heterocycles. The van der Waals surface area contributed by atoms with E-state index in [2.05, 4.69) is 11.1 Å². The molecule has 0 radical (unpaired) electrons. The van der Waals surface area contributed by atoms with Crippen LogP contribution in [-0.4, -0.2) is 10.1 Å². The van der Waals surface area contributed by atoms with Crippen LogP contribution >= 0.6 is 0 Å². The molecule has 0 aliphatic carbocycles. The SMILES string of the molecule is N#CC1=C(N)Oc2c(O)cc3ccccc3c2[C@@H]1c1cccnc1. The molecule has 116 valence electrons. The molecule has 0 amide bonds. The number of hydrogen-bond donors (Lipinski definition) is 2. The van der Waals surface area contributed by atoms with Gasteiger partial charge in [0.2, 0.25) is 5.88 Å². The largest absolute Gasteiger partial charge is 0.504 e. The van der Waals surface area contributed by atoms with Crippen LogP contribution in [0.15, 0.2) is 66.3 Å². The topological polar surface area (TPSA) is 92.2 Å². The van der Waals surface area contributed by atoms with Crippen LogP contribution in [0.5, 0.6) is 11.5 Å². The number of nitrogens with two attached hydrogens (primary N) is 1. The van der Waals surface area contributed by atoms with Gasteiger partial charge < -0.3 is 15.6 Å². The Kier molecular flexibility index (Phi) is 3.10. The quantitative estimate of drug-likeness (QED) is 0.719. The molecule has 4 rings (SSSR count). The van der Waals surface area contributed by atoms with Gasteiger partial charge in [0.25, 0.3) is 0 Å². The van der Waals surface area contributed by atoms with E-state index in [1.165, 1.54) is 0 Å². The van der Waals surface area contributed by atoms with Crippen LogP contribution in [0.4, 0.5) is 0 Å². The maximum absolute atomic E-state index is 10.4. The van der Waals surface area contributed by atoms with Crippen molar-refractivity contribution >= 4 is 10.8 Å². The standard InChI is InChI=1S/C19H13N3O2/c20-9-14-16(12-5-3-7-22-10-12)17-13-6-2-1-4-11(13)8-15(23)18(17)24-19(14)21/h1-8,10,16,23H,21H2/t16-/m1/s1. The van der Waals surface area contributed by atoms with Crippen LogP contribution in [0, 0.1) is 11.3 Å². The summed E-state index contributed by atoms with van der Waals surface area (Å²) < 4.78 is 5.59. The average molecular weight is 315 g/mol. The van der Waals surface area contributed by atoms with E-state index >= 15 is 0 Å². The van der Waals surface area contributed by atoms with Crippen molar-refractivity contribution in [3.8, 4) is 17.6 Å². The Morgan fingerprint density at radius 2 is 2.04 bits per heavy atom. The molecule has 0 saturated carbocycles. The van der Waals surface area contributed by atoms with Crippen LogP contribution in [0.25, 0.3) is 10.8 Å². The van der Waals surface area contributed by atoms with E-state index in [9.17, 15) is 10.4 Å². The van der Waals surface area contributed by atoms with Gasteiger partial charge in [0, 0.05) is 18.0 Å². The zero-order chi connectivity index (χ0) is 16.7. The molecule has 2 aromatic carbocycles. The van der Waals surface area contributed by atoms with Gasteiger partial charge in [-0.2, -0.15) is 5.26 Å². The van der Waals surface area contributed by atoms with E-state index in [0.717, 1.165) is 21.9 Å². The number of phenols is 1. The number of rotatable bonds is 1. The number of aromatic nitrogens is 1. The predicted molar refractivity (Wildman–Crippen MR) is 89.1 cm³/mol. The minimum atomic E-state index is -0.440. The fraction of sp³-hybridized carbons (Fsp3) is 0.0526. The average Bonchev–Trinajstić information content (AvgIpc) is 2.62. The molecule has 0 spiro atoms. The molecule has 3 N–H and O–H groups in total. The molecule has 3 aromatic rings. The molecule has 5 nitrogen and oxygen atoms in total. The summed E-state index contributed by atoms with van der Waals surface area (Å²) in [5.41, 5.74) is 7.80. The lowest BCUT2D eigenvalue weighted by Gasteiger charge is -2.28. The summed E-state index contributed by atoms with van der Waals surface area (Å²) in [7, 11) is 0. The van der Waals surface area contributed by atoms with Crippen molar-refractivity contribution in [1.29, 1.82) is 5.26 Å². The van der Waals surface area contributed by atoms with E-state index < -0.39 is 5.92 Å². The fourth-order valence-corrected chi connectivity index (χ4v) is 3.19. The Hall–Kier alpha value is -3.52.